The van der Waals surface area contributed by atoms with Crippen LogP contribution in [0.15, 0.2) is 102 Å². The summed E-state index contributed by atoms with van der Waals surface area (Å²) in [5.74, 6) is 0.573. The molecule has 5 aromatic rings. The third-order valence-corrected chi connectivity index (χ3v) is 6.77. The van der Waals surface area contributed by atoms with Gasteiger partial charge in [0.1, 0.15) is 12.1 Å². The molecule has 8 heteroatoms. The van der Waals surface area contributed by atoms with E-state index in [0.717, 1.165) is 11.1 Å². The molecule has 2 heterocycles. The van der Waals surface area contributed by atoms with Gasteiger partial charge in [0.25, 0.3) is 10.0 Å². The maximum absolute atomic E-state index is 13.3. The lowest BCUT2D eigenvalue weighted by Crippen LogP contribution is -2.11. The normalized spacial score (nSPS) is 11.5. The minimum atomic E-state index is -3.77. The third kappa shape index (κ3) is 3.57. The van der Waals surface area contributed by atoms with Gasteiger partial charge in [-0.15, -0.1) is 0 Å². The van der Waals surface area contributed by atoms with Gasteiger partial charge in [0, 0.05) is 34.6 Å². The van der Waals surface area contributed by atoms with E-state index in [4.69, 9.17) is 5.73 Å². The summed E-state index contributed by atoms with van der Waals surface area (Å²) in [5, 5.41) is 3.99. The summed E-state index contributed by atoms with van der Waals surface area (Å²) < 4.78 is 28.0. The molecule has 0 aliphatic rings. The second kappa shape index (κ2) is 7.82. The average molecular weight is 442 g/mol. The van der Waals surface area contributed by atoms with Crippen LogP contribution >= 0.6 is 0 Å². The van der Waals surface area contributed by atoms with Crippen LogP contribution < -0.4 is 11.1 Å². The molecule has 0 saturated heterocycles. The van der Waals surface area contributed by atoms with E-state index in [1.54, 1.807) is 60.8 Å². The zero-order valence-corrected chi connectivity index (χ0v) is 17.7. The van der Waals surface area contributed by atoms with Crippen LogP contribution in [-0.4, -0.2) is 22.4 Å². The lowest BCUT2D eigenvalue weighted by atomic mass is 10.1. The summed E-state index contributed by atoms with van der Waals surface area (Å²) in [6.07, 6.45) is 3.06. The van der Waals surface area contributed by atoms with Gasteiger partial charge in [-0.3, -0.25) is 0 Å². The average Bonchev–Trinajstić information content (AvgIpc) is 3.21. The van der Waals surface area contributed by atoms with Crippen molar-refractivity contribution in [1.29, 1.82) is 0 Å². The Labute approximate surface area is 185 Å². The Bertz CT molecular complexity index is 1530. The van der Waals surface area contributed by atoms with E-state index in [2.05, 4.69) is 15.3 Å². The number of nitrogens with two attached hydrogens (primary N) is 1. The van der Waals surface area contributed by atoms with Crippen molar-refractivity contribution >= 4 is 38.1 Å². The van der Waals surface area contributed by atoms with Gasteiger partial charge in [-0.25, -0.2) is 22.4 Å². The predicted molar refractivity (Wildman–Crippen MR) is 126 cm³/mol. The van der Waals surface area contributed by atoms with Crippen LogP contribution in [-0.2, 0) is 10.0 Å². The summed E-state index contributed by atoms with van der Waals surface area (Å²) in [4.78, 5) is 8.91. The molecule has 0 fully saturated rings. The molecule has 0 atom stereocenters. The maximum Gasteiger partial charge on any atom is 0.268 e. The van der Waals surface area contributed by atoms with Gasteiger partial charge in [-0.1, -0.05) is 42.5 Å². The van der Waals surface area contributed by atoms with Gasteiger partial charge in [0.05, 0.1) is 16.1 Å². The predicted octanol–water partition coefficient (Wildman–Crippen LogP) is 4.66. The van der Waals surface area contributed by atoms with Crippen molar-refractivity contribution in [3.63, 3.8) is 0 Å². The van der Waals surface area contributed by atoms with Crippen molar-refractivity contribution < 1.29 is 8.42 Å². The molecule has 5 rings (SSSR count). The fraction of sp³-hybridized carbons (Fsp3) is 0. The van der Waals surface area contributed by atoms with Crippen molar-refractivity contribution in [1.82, 2.24) is 13.9 Å². The molecule has 7 nitrogen and oxygen atoms in total. The van der Waals surface area contributed by atoms with Crippen LogP contribution in [0.2, 0.25) is 0 Å². The number of nitrogens with one attached hydrogen (secondary N) is 1. The highest BCUT2D eigenvalue weighted by Crippen LogP contribution is 2.33. The fourth-order valence-corrected chi connectivity index (χ4v) is 4.99. The molecule has 0 bridgehead atoms. The van der Waals surface area contributed by atoms with Crippen LogP contribution in [0, 0.1) is 0 Å². The van der Waals surface area contributed by atoms with Crippen molar-refractivity contribution in [2.75, 3.05) is 11.1 Å². The topological polar surface area (TPSA) is 103 Å². The quantitative estimate of drug-likeness (QED) is 0.385. The minimum absolute atomic E-state index is 0.221. The molecule has 2 aromatic heterocycles. The smallest absolute Gasteiger partial charge is 0.268 e. The van der Waals surface area contributed by atoms with Gasteiger partial charge in [0.2, 0.25) is 0 Å². The highest BCUT2D eigenvalue weighted by atomic mass is 32.2. The molecule has 32 heavy (non-hydrogen) atoms. The number of anilines is 3. The number of hydrogen-bond donors (Lipinski definition) is 2. The first-order valence-corrected chi connectivity index (χ1v) is 11.3. The molecule has 3 aromatic carbocycles. The highest BCUT2D eigenvalue weighted by Gasteiger charge is 2.22. The van der Waals surface area contributed by atoms with Crippen molar-refractivity contribution in [3.05, 3.63) is 97.5 Å². The molecule has 0 amide bonds. The maximum atomic E-state index is 13.3. The zero-order chi connectivity index (χ0) is 22.1. The van der Waals surface area contributed by atoms with Crippen molar-refractivity contribution in [3.8, 4) is 11.3 Å². The summed E-state index contributed by atoms with van der Waals surface area (Å²) >= 11 is 0. The third-order valence-electron chi connectivity index (χ3n) is 5.08. The molecule has 0 spiro atoms. The van der Waals surface area contributed by atoms with Gasteiger partial charge in [-0.2, -0.15) is 0 Å². The summed E-state index contributed by atoms with van der Waals surface area (Å²) in [5.41, 5.74) is 9.16. The number of aromatic nitrogens is 3. The van der Waals surface area contributed by atoms with Crippen molar-refractivity contribution in [2.45, 2.75) is 4.90 Å². The molecule has 0 aliphatic carbocycles. The summed E-state index contributed by atoms with van der Waals surface area (Å²) in [6.45, 7) is 0. The van der Waals surface area contributed by atoms with Crippen LogP contribution in [0.4, 0.5) is 17.2 Å². The van der Waals surface area contributed by atoms with E-state index < -0.39 is 10.0 Å². The molecule has 0 radical (unpaired) electrons. The zero-order valence-electron chi connectivity index (χ0n) is 16.9. The Morgan fingerprint density at radius 3 is 2.44 bits per heavy atom. The highest BCUT2D eigenvalue weighted by molar-refractivity contribution is 7.90. The van der Waals surface area contributed by atoms with Crippen LogP contribution in [0.5, 0.6) is 0 Å². The number of nitrogen functional groups attached to an aromatic ring is 1. The first-order chi connectivity index (χ1) is 15.5. The molecular formula is C24H19N5O2S. The number of fused-ring (bicyclic) bond motifs is 1. The van der Waals surface area contributed by atoms with Gasteiger partial charge in [-0.05, 0) is 36.4 Å². The van der Waals surface area contributed by atoms with Gasteiger partial charge in [0.15, 0.2) is 0 Å². The van der Waals surface area contributed by atoms with E-state index in [-0.39, 0.29) is 4.90 Å². The molecule has 0 aliphatic heterocycles. The van der Waals surface area contributed by atoms with E-state index in [1.807, 2.05) is 30.3 Å². The number of para-hydroxylation sites is 1. The Morgan fingerprint density at radius 2 is 1.62 bits per heavy atom. The molecular weight excluding hydrogens is 422 g/mol. The molecule has 158 valence electrons. The van der Waals surface area contributed by atoms with E-state index in [9.17, 15) is 8.42 Å². The van der Waals surface area contributed by atoms with Crippen LogP contribution in [0.25, 0.3) is 22.2 Å². The Hall–Kier alpha value is -4.17. The van der Waals surface area contributed by atoms with E-state index in [0.29, 0.717) is 28.3 Å². The lowest BCUT2D eigenvalue weighted by molar-refractivity contribution is 0.589. The second-order valence-corrected chi connectivity index (χ2v) is 9.03. The van der Waals surface area contributed by atoms with Gasteiger partial charge < -0.3 is 11.1 Å². The van der Waals surface area contributed by atoms with E-state index >= 15 is 0 Å². The van der Waals surface area contributed by atoms with E-state index in [1.165, 1.54) is 10.3 Å². The molecule has 3 N–H and O–H groups in total. The van der Waals surface area contributed by atoms with Crippen LogP contribution in [0.3, 0.4) is 0 Å². The number of hydrogen-bond acceptors (Lipinski definition) is 6. The number of nitrogens with zero attached hydrogens (tertiary/aromatic N) is 3. The summed E-state index contributed by atoms with van der Waals surface area (Å²) in [7, 11) is -3.77. The van der Waals surface area contributed by atoms with Gasteiger partial charge >= 0.3 is 0 Å². The first kappa shape index (κ1) is 19.8. The Balaban J connectivity index is 1.62. The molecule has 0 saturated carbocycles. The standard InChI is InChI=1S/C24H19N5O2S/c25-17-7-6-8-18(13-17)28-24-14-22(26-16-27-24)21-15-29(23-12-5-4-11-20(21)23)32(30,31)19-9-2-1-3-10-19/h1-16H,25H2,(H,26,27,28). The second-order valence-electron chi connectivity index (χ2n) is 7.21. The van der Waals surface area contributed by atoms with Crippen LogP contribution in [0.1, 0.15) is 0 Å². The Kier molecular flexibility index (Phi) is 4.84. The fourth-order valence-electron chi connectivity index (χ4n) is 3.60. The monoisotopic (exact) mass is 441 g/mol. The lowest BCUT2D eigenvalue weighted by Gasteiger charge is -2.07. The van der Waals surface area contributed by atoms with Crippen molar-refractivity contribution in [2.24, 2.45) is 0 Å². The largest absolute Gasteiger partial charge is 0.399 e. The minimum Gasteiger partial charge on any atom is -0.399 e. The SMILES string of the molecule is Nc1cccc(Nc2cc(-c3cn(S(=O)(=O)c4ccccc4)c4ccccc34)ncn2)c1. The summed E-state index contributed by atoms with van der Waals surface area (Å²) in [6, 6.07) is 24.9. The number of benzene rings is 3. The first-order valence-electron chi connectivity index (χ1n) is 9.88. The number of rotatable bonds is 5. The Morgan fingerprint density at radius 1 is 0.844 bits per heavy atom. The molecule has 0 unspecified atom stereocenters.